The van der Waals surface area contributed by atoms with Gasteiger partial charge in [0.1, 0.15) is 6.61 Å². The topological polar surface area (TPSA) is 72.8 Å². The third kappa shape index (κ3) is 5.31. The fourth-order valence-corrected chi connectivity index (χ4v) is 0.668. The first-order valence-electron chi connectivity index (χ1n) is 4.68. The summed E-state index contributed by atoms with van der Waals surface area (Å²) in [6, 6.07) is 0. The van der Waals surface area contributed by atoms with Gasteiger partial charge in [0.2, 0.25) is 0 Å². The lowest BCUT2D eigenvalue weighted by Crippen LogP contribution is -2.28. The van der Waals surface area contributed by atoms with Gasteiger partial charge in [0.15, 0.2) is 6.10 Å². The standard InChI is InChI=1S/C11H16O5/c1-7(2)10(13)15-6-9(5-12)16-11(14)8(3)4/h9,12H,1,3,5-6H2,2,4H3/t9-/m1/s1. The molecule has 0 aromatic rings. The zero-order valence-electron chi connectivity index (χ0n) is 9.49. The zero-order valence-corrected chi connectivity index (χ0v) is 9.49. The summed E-state index contributed by atoms with van der Waals surface area (Å²) in [7, 11) is 0. The van der Waals surface area contributed by atoms with Crippen molar-refractivity contribution in [1.82, 2.24) is 0 Å². The Kier molecular flexibility index (Phi) is 6.10. The van der Waals surface area contributed by atoms with Crippen LogP contribution in [0.3, 0.4) is 0 Å². The number of hydrogen-bond acceptors (Lipinski definition) is 5. The average molecular weight is 228 g/mol. The Labute approximate surface area is 94.4 Å². The second kappa shape index (κ2) is 6.79. The average Bonchev–Trinajstić information content (AvgIpc) is 2.22. The first kappa shape index (κ1) is 14.4. The van der Waals surface area contributed by atoms with Gasteiger partial charge in [-0.15, -0.1) is 0 Å². The molecule has 0 aromatic heterocycles. The molecular weight excluding hydrogens is 212 g/mol. The minimum Gasteiger partial charge on any atom is -0.458 e. The Balaban J connectivity index is 4.11. The molecule has 5 nitrogen and oxygen atoms in total. The number of aliphatic hydroxyl groups excluding tert-OH is 1. The molecule has 0 unspecified atom stereocenters. The molecule has 0 saturated heterocycles. The predicted molar refractivity (Wildman–Crippen MR) is 57.6 cm³/mol. The summed E-state index contributed by atoms with van der Waals surface area (Å²) in [5, 5.41) is 8.89. The van der Waals surface area contributed by atoms with Crippen LogP contribution in [0.1, 0.15) is 13.8 Å². The van der Waals surface area contributed by atoms with Gasteiger partial charge >= 0.3 is 11.9 Å². The lowest BCUT2D eigenvalue weighted by Gasteiger charge is -2.15. The Morgan fingerprint density at radius 1 is 1.19 bits per heavy atom. The van der Waals surface area contributed by atoms with Crippen LogP contribution < -0.4 is 0 Å². The lowest BCUT2D eigenvalue weighted by molar-refractivity contribution is -0.156. The van der Waals surface area contributed by atoms with Crippen molar-refractivity contribution in [2.24, 2.45) is 0 Å². The highest BCUT2D eigenvalue weighted by Crippen LogP contribution is 2.01. The van der Waals surface area contributed by atoms with Gasteiger partial charge in [0.25, 0.3) is 0 Å². The Hall–Kier alpha value is -1.62. The van der Waals surface area contributed by atoms with Gasteiger partial charge in [0, 0.05) is 11.1 Å². The molecule has 0 fully saturated rings. The maximum absolute atomic E-state index is 11.1. The van der Waals surface area contributed by atoms with Gasteiger partial charge in [-0.2, -0.15) is 0 Å². The number of aliphatic hydroxyl groups is 1. The van der Waals surface area contributed by atoms with E-state index in [2.05, 4.69) is 13.2 Å². The Morgan fingerprint density at radius 2 is 1.69 bits per heavy atom. The second-order valence-electron chi connectivity index (χ2n) is 3.37. The fourth-order valence-electron chi connectivity index (χ4n) is 0.668. The number of rotatable bonds is 6. The van der Waals surface area contributed by atoms with Crippen LogP contribution in [0.5, 0.6) is 0 Å². The fraction of sp³-hybridized carbons (Fsp3) is 0.455. The summed E-state index contributed by atoms with van der Waals surface area (Å²) in [6.07, 6.45) is -0.882. The van der Waals surface area contributed by atoms with Crippen LogP contribution in [0.25, 0.3) is 0 Å². The highest BCUT2D eigenvalue weighted by Gasteiger charge is 2.16. The minimum atomic E-state index is -0.882. The van der Waals surface area contributed by atoms with Gasteiger partial charge < -0.3 is 14.6 Å². The molecule has 0 spiro atoms. The monoisotopic (exact) mass is 228 g/mol. The predicted octanol–water partition coefficient (Wildman–Crippen LogP) is 0.586. The highest BCUT2D eigenvalue weighted by molar-refractivity contribution is 5.87. The summed E-state index contributed by atoms with van der Waals surface area (Å²) in [5.74, 6) is -1.23. The van der Waals surface area contributed by atoms with Crippen molar-refractivity contribution in [2.45, 2.75) is 20.0 Å². The normalized spacial score (nSPS) is 11.4. The van der Waals surface area contributed by atoms with E-state index in [-0.39, 0.29) is 17.8 Å². The van der Waals surface area contributed by atoms with E-state index in [1.165, 1.54) is 13.8 Å². The molecule has 0 aromatic carbocycles. The number of esters is 2. The van der Waals surface area contributed by atoms with Gasteiger partial charge in [-0.1, -0.05) is 13.2 Å². The van der Waals surface area contributed by atoms with E-state index in [0.29, 0.717) is 0 Å². The third-order valence-corrected chi connectivity index (χ3v) is 1.57. The zero-order chi connectivity index (χ0) is 12.7. The molecule has 5 heteroatoms. The summed E-state index contributed by atoms with van der Waals surface area (Å²) in [5.41, 5.74) is 0.451. The van der Waals surface area contributed by atoms with Crippen LogP contribution in [0.2, 0.25) is 0 Å². The maximum Gasteiger partial charge on any atom is 0.333 e. The molecule has 16 heavy (non-hydrogen) atoms. The molecule has 0 radical (unpaired) electrons. The number of hydrogen-bond donors (Lipinski definition) is 1. The maximum atomic E-state index is 11.1. The molecule has 0 aliphatic carbocycles. The molecule has 1 atom stereocenters. The largest absolute Gasteiger partial charge is 0.458 e. The van der Waals surface area contributed by atoms with Crippen molar-refractivity contribution in [1.29, 1.82) is 0 Å². The van der Waals surface area contributed by atoms with Crippen LogP contribution in [0, 0.1) is 0 Å². The summed E-state index contributed by atoms with van der Waals surface area (Å²) in [4.78, 5) is 22.1. The van der Waals surface area contributed by atoms with Crippen molar-refractivity contribution in [3.63, 3.8) is 0 Å². The van der Waals surface area contributed by atoms with Crippen molar-refractivity contribution in [3.05, 3.63) is 24.3 Å². The SMILES string of the molecule is C=C(C)C(=O)OC[C@@H](CO)OC(=O)C(=C)C. The summed E-state index contributed by atoms with van der Waals surface area (Å²) in [6.45, 7) is 9.12. The lowest BCUT2D eigenvalue weighted by atomic mass is 10.3. The van der Waals surface area contributed by atoms with Crippen LogP contribution >= 0.6 is 0 Å². The molecule has 0 rings (SSSR count). The summed E-state index contributed by atoms with van der Waals surface area (Å²) >= 11 is 0. The van der Waals surface area contributed by atoms with Gasteiger partial charge in [-0.25, -0.2) is 9.59 Å². The van der Waals surface area contributed by atoms with E-state index in [9.17, 15) is 9.59 Å². The van der Waals surface area contributed by atoms with E-state index < -0.39 is 24.6 Å². The molecule has 0 aliphatic rings. The van der Waals surface area contributed by atoms with Crippen molar-refractivity contribution < 1.29 is 24.2 Å². The smallest absolute Gasteiger partial charge is 0.333 e. The van der Waals surface area contributed by atoms with Crippen LogP contribution in [0.4, 0.5) is 0 Å². The molecule has 0 heterocycles. The van der Waals surface area contributed by atoms with Gasteiger partial charge in [-0.3, -0.25) is 0 Å². The minimum absolute atomic E-state index is 0.207. The van der Waals surface area contributed by atoms with Crippen LogP contribution in [-0.2, 0) is 19.1 Å². The molecule has 0 saturated carbocycles. The molecular formula is C11H16O5. The van der Waals surface area contributed by atoms with E-state index in [0.717, 1.165) is 0 Å². The number of ether oxygens (including phenoxy) is 2. The Morgan fingerprint density at radius 3 is 2.06 bits per heavy atom. The summed E-state index contributed by atoms with van der Waals surface area (Å²) < 4.78 is 9.53. The highest BCUT2D eigenvalue weighted by atomic mass is 16.6. The molecule has 0 bridgehead atoms. The van der Waals surface area contributed by atoms with Crippen molar-refractivity contribution in [3.8, 4) is 0 Å². The molecule has 1 N–H and O–H groups in total. The Bertz CT molecular complexity index is 305. The quantitative estimate of drug-likeness (QED) is 0.532. The van der Waals surface area contributed by atoms with E-state index in [4.69, 9.17) is 14.6 Å². The molecule has 90 valence electrons. The van der Waals surface area contributed by atoms with E-state index in [1.807, 2.05) is 0 Å². The molecule has 0 amide bonds. The number of carbonyl (C=O) groups excluding carboxylic acids is 2. The van der Waals surface area contributed by atoms with Gasteiger partial charge in [-0.05, 0) is 13.8 Å². The van der Waals surface area contributed by atoms with Gasteiger partial charge in [0.05, 0.1) is 6.61 Å². The van der Waals surface area contributed by atoms with Crippen LogP contribution in [0.15, 0.2) is 24.3 Å². The van der Waals surface area contributed by atoms with Crippen LogP contribution in [-0.4, -0.2) is 36.4 Å². The van der Waals surface area contributed by atoms with E-state index in [1.54, 1.807) is 0 Å². The molecule has 0 aliphatic heterocycles. The van der Waals surface area contributed by atoms with E-state index >= 15 is 0 Å². The van der Waals surface area contributed by atoms with Crippen molar-refractivity contribution >= 4 is 11.9 Å². The first-order valence-corrected chi connectivity index (χ1v) is 4.68. The van der Waals surface area contributed by atoms with Crippen molar-refractivity contribution in [2.75, 3.05) is 13.2 Å². The third-order valence-electron chi connectivity index (χ3n) is 1.57. The number of carbonyl (C=O) groups is 2. The second-order valence-corrected chi connectivity index (χ2v) is 3.37. The first-order chi connectivity index (χ1) is 7.38.